The number of rotatable bonds is 7. The number of fused-ring (bicyclic) bond motifs is 1. The van der Waals surface area contributed by atoms with Gasteiger partial charge in [-0.05, 0) is 42.5 Å². The van der Waals surface area contributed by atoms with E-state index in [2.05, 4.69) is 0 Å². The Labute approximate surface area is 208 Å². The lowest BCUT2D eigenvalue weighted by Crippen LogP contribution is -2.37. The van der Waals surface area contributed by atoms with Crippen molar-refractivity contribution >= 4 is 23.2 Å². The molecular weight excluding hydrogens is 464 g/mol. The van der Waals surface area contributed by atoms with Gasteiger partial charge in [0.2, 0.25) is 5.91 Å². The van der Waals surface area contributed by atoms with Gasteiger partial charge in [0.25, 0.3) is 5.91 Å². The molecule has 2 aliphatic rings. The van der Waals surface area contributed by atoms with Crippen LogP contribution in [0.2, 0.25) is 0 Å². The molecule has 3 aromatic carbocycles. The molecule has 2 amide bonds. The number of hydrogen-bond acceptors (Lipinski definition) is 8. The van der Waals surface area contributed by atoms with Crippen LogP contribution in [0.25, 0.3) is 0 Å². The molecular formula is C27H26N2O7. The van der Waals surface area contributed by atoms with Crippen molar-refractivity contribution in [2.45, 2.75) is 12.1 Å². The monoisotopic (exact) mass is 490 g/mol. The number of para-hydroxylation sites is 1. The molecule has 186 valence electrons. The van der Waals surface area contributed by atoms with Crippen LogP contribution in [0.15, 0.2) is 66.7 Å². The van der Waals surface area contributed by atoms with E-state index in [1.54, 1.807) is 48.6 Å². The zero-order valence-corrected chi connectivity index (χ0v) is 20.3. The summed E-state index contributed by atoms with van der Waals surface area (Å²) in [5.74, 6) is 0.422. The predicted molar refractivity (Wildman–Crippen MR) is 132 cm³/mol. The molecule has 0 unspecified atom stereocenters. The highest BCUT2D eigenvalue weighted by molar-refractivity contribution is 6.24. The highest BCUT2D eigenvalue weighted by atomic mass is 16.7. The molecule has 0 aromatic heterocycles. The standard InChI is InChI=1S/C27H26N2O7/c1-32-18-12-10-16(11-13-18)28-26(30)23-24(19-14-21(34-3)22(35-4)15-20(19)33-2)29(36-25(23)27(28)31)17-8-6-5-7-9-17/h5-15,23-25H,1-4H3/t23-,24+,25-/m0/s1. The van der Waals surface area contributed by atoms with Crippen LogP contribution < -0.4 is 28.9 Å². The number of methoxy groups -OCH3 is 4. The van der Waals surface area contributed by atoms with Crippen molar-refractivity contribution < 1.29 is 33.4 Å². The first kappa shape index (κ1) is 23.5. The Hall–Kier alpha value is -4.24. The van der Waals surface area contributed by atoms with Crippen LogP contribution in [-0.4, -0.2) is 46.4 Å². The molecule has 9 heteroatoms. The van der Waals surface area contributed by atoms with Crippen LogP contribution in [0.1, 0.15) is 11.6 Å². The zero-order chi connectivity index (χ0) is 25.4. The normalized spacial score (nSPS) is 20.9. The minimum atomic E-state index is -1.01. The maximum Gasteiger partial charge on any atom is 0.266 e. The van der Waals surface area contributed by atoms with E-state index in [1.807, 2.05) is 30.3 Å². The lowest BCUT2D eigenvalue weighted by atomic mass is 9.89. The Morgan fingerprint density at radius 2 is 1.33 bits per heavy atom. The number of hydrogen-bond donors (Lipinski definition) is 0. The van der Waals surface area contributed by atoms with E-state index in [1.165, 1.54) is 26.2 Å². The van der Waals surface area contributed by atoms with Gasteiger partial charge in [-0.15, -0.1) is 0 Å². The number of ether oxygens (including phenoxy) is 4. The zero-order valence-electron chi connectivity index (χ0n) is 20.3. The molecule has 5 rings (SSSR count). The molecule has 9 nitrogen and oxygen atoms in total. The molecule has 3 atom stereocenters. The van der Waals surface area contributed by atoms with E-state index < -0.39 is 24.0 Å². The average Bonchev–Trinajstić information content (AvgIpc) is 3.43. The SMILES string of the molecule is COc1ccc(N2C(=O)[C@@H]3[C@H](ON(c4ccccc4)[C@@H]3c3cc(OC)c(OC)cc3OC)C2=O)cc1. The van der Waals surface area contributed by atoms with Crippen molar-refractivity contribution in [3.63, 3.8) is 0 Å². The third kappa shape index (κ3) is 3.68. The number of anilines is 2. The first-order valence-electron chi connectivity index (χ1n) is 11.3. The van der Waals surface area contributed by atoms with Gasteiger partial charge in [-0.3, -0.25) is 14.4 Å². The van der Waals surface area contributed by atoms with Gasteiger partial charge in [0.15, 0.2) is 17.6 Å². The minimum absolute atomic E-state index is 0.365. The summed E-state index contributed by atoms with van der Waals surface area (Å²) >= 11 is 0. The van der Waals surface area contributed by atoms with Gasteiger partial charge < -0.3 is 18.9 Å². The van der Waals surface area contributed by atoms with Crippen LogP contribution in [0, 0.1) is 5.92 Å². The summed E-state index contributed by atoms with van der Waals surface area (Å²) in [4.78, 5) is 34.8. The van der Waals surface area contributed by atoms with E-state index in [0.717, 1.165) is 0 Å². The van der Waals surface area contributed by atoms with Crippen molar-refractivity contribution in [3.8, 4) is 23.0 Å². The van der Waals surface area contributed by atoms with E-state index in [9.17, 15) is 9.59 Å². The Balaban J connectivity index is 1.63. The Bertz CT molecular complexity index is 1280. The molecule has 0 saturated carbocycles. The number of carbonyl (C=O) groups excluding carboxylic acids is 2. The fourth-order valence-corrected chi connectivity index (χ4v) is 4.80. The molecule has 2 heterocycles. The third-order valence-electron chi connectivity index (χ3n) is 6.51. The van der Waals surface area contributed by atoms with E-state index in [4.69, 9.17) is 23.8 Å². The second-order valence-corrected chi connectivity index (χ2v) is 8.32. The quantitative estimate of drug-likeness (QED) is 0.463. The van der Waals surface area contributed by atoms with Gasteiger partial charge in [-0.1, -0.05) is 18.2 Å². The van der Waals surface area contributed by atoms with Crippen molar-refractivity contribution in [2.24, 2.45) is 5.92 Å². The number of nitrogens with zero attached hydrogens (tertiary/aromatic N) is 2. The van der Waals surface area contributed by atoms with E-state index in [0.29, 0.717) is 39.9 Å². The molecule has 3 aromatic rings. The van der Waals surface area contributed by atoms with Gasteiger partial charge in [0.1, 0.15) is 23.5 Å². The number of amides is 2. The van der Waals surface area contributed by atoms with Crippen LogP contribution in [0.3, 0.4) is 0 Å². The summed E-state index contributed by atoms with van der Waals surface area (Å²) in [5.41, 5.74) is 1.78. The van der Waals surface area contributed by atoms with E-state index >= 15 is 0 Å². The highest BCUT2D eigenvalue weighted by Crippen LogP contribution is 2.51. The van der Waals surface area contributed by atoms with Gasteiger partial charge in [0, 0.05) is 11.6 Å². The number of carbonyl (C=O) groups is 2. The lowest BCUT2D eigenvalue weighted by molar-refractivity contribution is -0.126. The van der Waals surface area contributed by atoms with Crippen LogP contribution >= 0.6 is 0 Å². The molecule has 0 aliphatic carbocycles. The maximum atomic E-state index is 13.9. The first-order chi connectivity index (χ1) is 17.5. The summed E-state index contributed by atoms with van der Waals surface area (Å²) in [7, 11) is 6.16. The largest absolute Gasteiger partial charge is 0.497 e. The molecule has 0 bridgehead atoms. The van der Waals surface area contributed by atoms with Gasteiger partial charge in [-0.25, -0.2) is 9.96 Å². The second kappa shape index (κ2) is 9.43. The topological polar surface area (TPSA) is 86.8 Å². The molecule has 0 spiro atoms. The number of hydroxylamine groups is 1. The Kier molecular flexibility index (Phi) is 6.15. The van der Waals surface area contributed by atoms with Crippen LogP contribution in [-0.2, 0) is 14.4 Å². The molecule has 0 N–H and O–H groups in total. The smallest absolute Gasteiger partial charge is 0.266 e. The molecule has 2 saturated heterocycles. The van der Waals surface area contributed by atoms with E-state index in [-0.39, 0.29) is 5.91 Å². The fraction of sp³-hybridized carbons (Fsp3) is 0.259. The summed E-state index contributed by atoms with van der Waals surface area (Å²) in [6.07, 6.45) is -1.01. The van der Waals surface area contributed by atoms with Crippen molar-refractivity contribution in [1.29, 1.82) is 0 Å². The fourth-order valence-electron chi connectivity index (χ4n) is 4.80. The molecule has 0 radical (unpaired) electrons. The summed E-state index contributed by atoms with van der Waals surface area (Å²) in [6, 6.07) is 18.9. The number of benzene rings is 3. The van der Waals surface area contributed by atoms with Gasteiger partial charge >= 0.3 is 0 Å². The summed E-state index contributed by atoms with van der Waals surface area (Å²) < 4.78 is 21.9. The molecule has 2 fully saturated rings. The third-order valence-corrected chi connectivity index (χ3v) is 6.51. The van der Waals surface area contributed by atoms with Crippen molar-refractivity contribution in [3.05, 3.63) is 72.3 Å². The lowest BCUT2D eigenvalue weighted by Gasteiger charge is -2.30. The summed E-state index contributed by atoms with van der Waals surface area (Å²) in [5, 5.41) is 1.61. The van der Waals surface area contributed by atoms with Crippen LogP contribution in [0.4, 0.5) is 11.4 Å². The van der Waals surface area contributed by atoms with Crippen molar-refractivity contribution in [1.82, 2.24) is 0 Å². The Morgan fingerprint density at radius 3 is 1.94 bits per heavy atom. The van der Waals surface area contributed by atoms with Gasteiger partial charge in [-0.2, -0.15) is 0 Å². The molecule has 2 aliphatic heterocycles. The Morgan fingerprint density at radius 1 is 0.694 bits per heavy atom. The summed E-state index contributed by atoms with van der Waals surface area (Å²) in [6.45, 7) is 0. The number of imide groups is 1. The minimum Gasteiger partial charge on any atom is -0.497 e. The average molecular weight is 491 g/mol. The van der Waals surface area contributed by atoms with Crippen LogP contribution in [0.5, 0.6) is 23.0 Å². The maximum absolute atomic E-state index is 13.9. The highest BCUT2D eigenvalue weighted by Gasteiger charge is 2.61. The van der Waals surface area contributed by atoms with Crippen molar-refractivity contribution in [2.75, 3.05) is 38.4 Å². The second-order valence-electron chi connectivity index (χ2n) is 8.32. The predicted octanol–water partition coefficient (Wildman–Crippen LogP) is 3.77. The molecule has 36 heavy (non-hydrogen) atoms. The first-order valence-corrected chi connectivity index (χ1v) is 11.3. The van der Waals surface area contributed by atoms with Gasteiger partial charge in [0.05, 0.1) is 39.8 Å².